The number of carbonyl (C=O) groups is 1. The molecule has 0 saturated heterocycles. The van der Waals surface area contributed by atoms with E-state index in [4.69, 9.17) is 9.15 Å². The molecule has 7 heteroatoms. The Morgan fingerprint density at radius 2 is 1.59 bits per heavy atom. The molecule has 0 fully saturated rings. The molecule has 3 aromatic carbocycles. The number of hydrogen-bond donors (Lipinski definition) is 1. The van der Waals surface area contributed by atoms with Gasteiger partial charge in [-0.15, -0.1) is 16.9 Å². The zero-order valence-corrected chi connectivity index (χ0v) is 16.3. The van der Waals surface area contributed by atoms with Crippen molar-refractivity contribution in [3.63, 3.8) is 0 Å². The molecule has 29 heavy (non-hydrogen) atoms. The van der Waals surface area contributed by atoms with Gasteiger partial charge in [-0.05, 0) is 66.9 Å². The van der Waals surface area contributed by atoms with Gasteiger partial charge >= 0.3 is 6.01 Å². The van der Waals surface area contributed by atoms with Gasteiger partial charge in [-0.25, -0.2) is 0 Å². The van der Waals surface area contributed by atoms with Crippen LogP contribution in [0.1, 0.15) is 10.4 Å². The van der Waals surface area contributed by atoms with E-state index in [9.17, 15) is 4.79 Å². The molecule has 0 aliphatic heterocycles. The van der Waals surface area contributed by atoms with Gasteiger partial charge in [-0.1, -0.05) is 23.3 Å². The van der Waals surface area contributed by atoms with E-state index in [1.807, 2.05) is 60.9 Å². The third-order valence-electron chi connectivity index (χ3n) is 4.08. The minimum absolute atomic E-state index is 0.0450. The number of hydrogen-bond acceptors (Lipinski definition) is 6. The Labute approximate surface area is 171 Å². The summed E-state index contributed by atoms with van der Waals surface area (Å²) < 4.78 is 11.3. The zero-order chi connectivity index (χ0) is 20.1. The van der Waals surface area contributed by atoms with Gasteiger partial charge in [0.2, 0.25) is 5.89 Å². The van der Waals surface area contributed by atoms with E-state index in [0.29, 0.717) is 17.2 Å². The summed E-state index contributed by atoms with van der Waals surface area (Å²) in [5.41, 5.74) is 1.24. The summed E-state index contributed by atoms with van der Waals surface area (Å²) in [7, 11) is 0. The Morgan fingerprint density at radius 3 is 2.28 bits per heavy atom. The predicted octanol–water partition coefficient (Wildman–Crippen LogP) is 5.50. The lowest BCUT2D eigenvalue weighted by atomic mass is 10.2. The van der Waals surface area contributed by atoms with E-state index >= 15 is 0 Å². The molecule has 1 N–H and O–H groups in total. The molecule has 0 aliphatic carbocycles. The molecule has 1 heterocycles. The third-order valence-corrected chi connectivity index (χ3v) is 4.82. The summed E-state index contributed by atoms with van der Waals surface area (Å²) in [6, 6.07) is 24.0. The highest BCUT2D eigenvalue weighted by Gasteiger charge is 2.13. The highest BCUT2D eigenvalue weighted by Crippen LogP contribution is 2.24. The monoisotopic (exact) mass is 403 g/mol. The molecule has 0 saturated carbocycles. The van der Waals surface area contributed by atoms with Crippen molar-refractivity contribution in [2.75, 3.05) is 11.6 Å². The average Bonchev–Trinajstić information content (AvgIpc) is 3.23. The van der Waals surface area contributed by atoms with E-state index in [0.717, 1.165) is 16.2 Å². The Morgan fingerprint density at radius 1 is 0.897 bits per heavy atom. The van der Waals surface area contributed by atoms with Gasteiger partial charge in [0.1, 0.15) is 11.5 Å². The van der Waals surface area contributed by atoms with Crippen LogP contribution in [0.4, 0.5) is 6.01 Å². The SMILES string of the molecule is CSc1ccc(-c2nnc(NC(=O)c3ccc(Oc4ccccc4)cc3)o2)cc1. The second-order valence-electron chi connectivity index (χ2n) is 6.03. The fraction of sp³-hybridized carbons (Fsp3) is 0.0455. The number of nitrogens with zero attached hydrogens (tertiary/aromatic N) is 2. The van der Waals surface area contributed by atoms with Crippen LogP contribution in [0.3, 0.4) is 0 Å². The van der Waals surface area contributed by atoms with E-state index in [1.165, 1.54) is 0 Å². The molecule has 4 rings (SSSR count). The third kappa shape index (κ3) is 4.64. The Balaban J connectivity index is 1.41. The molecule has 1 aromatic heterocycles. The highest BCUT2D eigenvalue weighted by molar-refractivity contribution is 7.98. The largest absolute Gasteiger partial charge is 0.457 e. The minimum Gasteiger partial charge on any atom is -0.457 e. The van der Waals surface area contributed by atoms with Crippen LogP contribution >= 0.6 is 11.8 Å². The van der Waals surface area contributed by atoms with Crippen LogP contribution in [0.15, 0.2) is 88.2 Å². The van der Waals surface area contributed by atoms with Crippen LogP contribution in [0.5, 0.6) is 11.5 Å². The van der Waals surface area contributed by atoms with Crippen molar-refractivity contribution >= 4 is 23.7 Å². The number of aromatic nitrogens is 2. The topological polar surface area (TPSA) is 77.2 Å². The van der Waals surface area contributed by atoms with Gasteiger partial charge in [0.15, 0.2) is 0 Å². The van der Waals surface area contributed by atoms with Gasteiger partial charge in [-0.3, -0.25) is 10.1 Å². The minimum atomic E-state index is -0.343. The van der Waals surface area contributed by atoms with Crippen LogP contribution in [-0.4, -0.2) is 22.4 Å². The standard InChI is InChI=1S/C22H17N3O3S/c1-29-19-13-9-16(10-14-19)21-24-25-22(28-21)23-20(26)15-7-11-18(12-8-15)27-17-5-3-2-4-6-17/h2-14H,1H3,(H,23,25,26). The molecule has 0 aliphatic rings. The number of rotatable bonds is 6. The molecule has 1 amide bonds. The first kappa shape index (κ1) is 18.8. The highest BCUT2D eigenvalue weighted by atomic mass is 32.2. The summed E-state index contributed by atoms with van der Waals surface area (Å²) in [4.78, 5) is 13.6. The molecule has 0 radical (unpaired) electrons. The van der Waals surface area contributed by atoms with Crippen LogP contribution < -0.4 is 10.1 Å². The molecular formula is C22H17N3O3S. The van der Waals surface area contributed by atoms with Crippen LogP contribution in [0, 0.1) is 0 Å². The summed E-state index contributed by atoms with van der Waals surface area (Å²) in [6.45, 7) is 0. The Hall–Kier alpha value is -3.58. The van der Waals surface area contributed by atoms with Crippen molar-refractivity contribution in [1.29, 1.82) is 0 Å². The number of para-hydroxylation sites is 1. The lowest BCUT2D eigenvalue weighted by Gasteiger charge is -2.06. The smallest absolute Gasteiger partial charge is 0.322 e. The summed E-state index contributed by atoms with van der Waals surface area (Å²) >= 11 is 1.65. The van der Waals surface area contributed by atoms with Gasteiger partial charge in [0, 0.05) is 16.0 Å². The summed E-state index contributed by atoms with van der Waals surface area (Å²) in [6.07, 6.45) is 2.01. The molecule has 0 atom stereocenters. The van der Waals surface area contributed by atoms with E-state index in [-0.39, 0.29) is 11.9 Å². The first-order valence-corrected chi connectivity index (χ1v) is 10.1. The predicted molar refractivity (Wildman–Crippen MR) is 112 cm³/mol. The van der Waals surface area contributed by atoms with Gasteiger partial charge in [0.05, 0.1) is 0 Å². The number of nitrogens with one attached hydrogen (secondary N) is 1. The second-order valence-corrected chi connectivity index (χ2v) is 6.91. The summed E-state index contributed by atoms with van der Waals surface area (Å²) in [5, 5.41) is 10.5. The van der Waals surface area contributed by atoms with Crippen LogP contribution in [-0.2, 0) is 0 Å². The average molecular weight is 403 g/mol. The molecule has 4 aromatic rings. The van der Waals surface area contributed by atoms with Crippen molar-refractivity contribution in [2.24, 2.45) is 0 Å². The van der Waals surface area contributed by atoms with Crippen molar-refractivity contribution in [3.8, 4) is 23.0 Å². The van der Waals surface area contributed by atoms with Crippen molar-refractivity contribution < 1.29 is 13.9 Å². The fourth-order valence-corrected chi connectivity index (χ4v) is 3.00. The molecule has 6 nitrogen and oxygen atoms in total. The molecular weight excluding hydrogens is 386 g/mol. The van der Waals surface area contributed by atoms with Crippen molar-refractivity contribution in [2.45, 2.75) is 4.90 Å². The number of benzene rings is 3. The van der Waals surface area contributed by atoms with Crippen molar-refractivity contribution in [1.82, 2.24) is 10.2 Å². The maximum atomic E-state index is 12.4. The number of ether oxygens (including phenoxy) is 1. The van der Waals surface area contributed by atoms with Gasteiger partial charge in [0.25, 0.3) is 5.91 Å². The number of carbonyl (C=O) groups excluding carboxylic acids is 1. The summed E-state index contributed by atoms with van der Waals surface area (Å²) in [5.74, 6) is 1.37. The quantitative estimate of drug-likeness (QED) is 0.428. The fourth-order valence-electron chi connectivity index (χ4n) is 2.59. The Kier molecular flexibility index (Phi) is 5.58. The first-order valence-electron chi connectivity index (χ1n) is 8.83. The molecule has 0 bridgehead atoms. The lowest BCUT2D eigenvalue weighted by Crippen LogP contribution is -2.11. The van der Waals surface area contributed by atoms with Gasteiger partial charge in [-0.2, -0.15) is 0 Å². The maximum absolute atomic E-state index is 12.4. The number of amides is 1. The number of anilines is 1. The Bertz CT molecular complexity index is 1090. The van der Waals surface area contributed by atoms with Gasteiger partial charge < -0.3 is 9.15 Å². The van der Waals surface area contributed by atoms with E-state index in [1.54, 1.807) is 36.0 Å². The van der Waals surface area contributed by atoms with E-state index < -0.39 is 0 Å². The van der Waals surface area contributed by atoms with Crippen LogP contribution in [0.2, 0.25) is 0 Å². The van der Waals surface area contributed by atoms with E-state index in [2.05, 4.69) is 15.5 Å². The molecule has 0 unspecified atom stereocenters. The van der Waals surface area contributed by atoms with Crippen LogP contribution in [0.25, 0.3) is 11.5 Å². The normalized spacial score (nSPS) is 10.5. The second kappa shape index (κ2) is 8.62. The first-order chi connectivity index (χ1) is 14.2. The number of thioether (sulfide) groups is 1. The molecule has 0 spiro atoms. The lowest BCUT2D eigenvalue weighted by molar-refractivity contribution is 0.102. The zero-order valence-electron chi connectivity index (χ0n) is 15.5. The maximum Gasteiger partial charge on any atom is 0.322 e. The van der Waals surface area contributed by atoms with Crippen molar-refractivity contribution in [3.05, 3.63) is 84.4 Å². The molecule has 144 valence electrons.